The molecule has 0 aromatic heterocycles. The van der Waals surface area contributed by atoms with Crippen LogP contribution in [0.15, 0.2) is 59.0 Å². The Morgan fingerprint density at radius 3 is 2.47 bits per heavy atom. The monoisotopic (exact) mass is 272 g/mol. The number of thioether (sulfide) groups is 1. The Kier molecular flexibility index (Phi) is 4.57. The first kappa shape index (κ1) is 14.5. The summed E-state index contributed by atoms with van der Waals surface area (Å²) in [6, 6.07) is 10.7. The number of hydrogen-bond donors (Lipinski definition) is 0. The van der Waals surface area contributed by atoms with Crippen molar-refractivity contribution in [2.24, 2.45) is 11.3 Å². The van der Waals surface area contributed by atoms with Gasteiger partial charge in [-0.3, -0.25) is 0 Å². The predicted octanol–water partition coefficient (Wildman–Crippen LogP) is 5.72. The van der Waals surface area contributed by atoms with Gasteiger partial charge in [-0.25, -0.2) is 0 Å². The van der Waals surface area contributed by atoms with E-state index in [0.29, 0.717) is 5.25 Å². The lowest BCUT2D eigenvalue weighted by molar-refractivity contribution is 0.490. The van der Waals surface area contributed by atoms with Crippen molar-refractivity contribution in [2.75, 3.05) is 0 Å². The van der Waals surface area contributed by atoms with E-state index in [9.17, 15) is 0 Å². The van der Waals surface area contributed by atoms with Gasteiger partial charge in [0.05, 0.1) is 0 Å². The van der Waals surface area contributed by atoms with Gasteiger partial charge in [-0.05, 0) is 29.9 Å². The largest absolute Gasteiger partial charge is 0.118 e. The number of hydrogen-bond acceptors (Lipinski definition) is 1. The molecule has 1 heteroatoms. The van der Waals surface area contributed by atoms with Gasteiger partial charge in [0.1, 0.15) is 0 Å². The van der Waals surface area contributed by atoms with Gasteiger partial charge in [0.25, 0.3) is 0 Å². The summed E-state index contributed by atoms with van der Waals surface area (Å²) in [7, 11) is 0. The van der Waals surface area contributed by atoms with Crippen LogP contribution in [0.2, 0.25) is 0 Å². The zero-order valence-electron chi connectivity index (χ0n) is 12.4. The third-order valence-electron chi connectivity index (χ3n) is 3.48. The molecule has 0 spiro atoms. The molecule has 0 radical (unpaired) electrons. The molecule has 1 aliphatic carbocycles. The van der Waals surface area contributed by atoms with Crippen LogP contribution < -0.4 is 0 Å². The number of benzene rings is 1. The molecule has 1 aromatic carbocycles. The molecule has 19 heavy (non-hydrogen) atoms. The lowest BCUT2D eigenvalue weighted by Crippen LogP contribution is -2.25. The van der Waals surface area contributed by atoms with Crippen molar-refractivity contribution < 1.29 is 0 Å². The third-order valence-corrected chi connectivity index (χ3v) is 5.02. The fraction of sp³-hybridized carbons (Fsp3) is 0.444. The highest BCUT2D eigenvalue weighted by Crippen LogP contribution is 2.41. The fourth-order valence-electron chi connectivity index (χ4n) is 2.32. The molecule has 0 amide bonds. The summed E-state index contributed by atoms with van der Waals surface area (Å²) in [5.74, 6) is 0.722. The van der Waals surface area contributed by atoms with Crippen molar-refractivity contribution in [3.8, 4) is 0 Å². The SMILES string of the molecule is CC(C)CC1=CC(Sc2ccccc2)C(C)(C)C=C1. The first-order valence-corrected chi connectivity index (χ1v) is 7.97. The Balaban J connectivity index is 2.16. The Labute approximate surface area is 122 Å². The van der Waals surface area contributed by atoms with Crippen molar-refractivity contribution in [3.05, 3.63) is 54.1 Å². The molecule has 0 saturated carbocycles. The van der Waals surface area contributed by atoms with E-state index < -0.39 is 0 Å². The second-order valence-corrected chi connectivity index (χ2v) is 7.56. The molecule has 0 N–H and O–H groups in total. The van der Waals surface area contributed by atoms with Gasteiger partial charge in [-0.2, -0.15) is 0 Å². The summed E-state index contributed by atoms with van der Waals surface area (Å²) in [5.41, 5.74) is 1.71. The highest BCUT2D eigenvalue weighted by Gasteiger charge is 2.29. The average molecular weight is 272 g/mol. The molecule has 1 atom stereocenters. The van der Waals surface area contributed by atoms with Gasteiger partial charge in [0, 0.05) is 10.1 Å². The topological polar surface area (TPSA) is 0 Å². The molecule has 2 rings (SSSR count). The maximum Gasteiger partial charge on any atom is 0.0365 e. The van der Waals surface area contributed by atoms with Crippen molar-refractivity contribution in [3.63, 3.8) is 0 Å². The van der Waals surface area contributed by atoms with Crippen LogP contribution in [0.4, 0.5) is 0 Å². The maximum atomic E-state index is 2.47. The quantitative estimate of drug-likeness (QED) is 0.676. The smallest absolute Gasteiger partial charge is 0.0365 e. The third kappa shape index (κ3) is 4.01. The summed E-state index contributed by atoms with van der Waals surface area (Å²) in [4.78, 5) is 1.36. The molecule has 0 saturated heterocycles. The summed E-state index contributed by atoms with van der Waals surface area (Å²) < 4.78 is 0. The van der Waals surface area contributed by atoms with Crippen LogP contribution in [0.25, 0.3) is 0 Å². The van der Waals surface area contributed by atoms with E-state index >= 15 is 0 Å². The van der Waals surface area contributed by atoms with E-state index in [2.05, 4.69) is 76.3 Å². The van der Waals surface area contributed by atoms with Gasteiger partial charge in [-0.1, -0.05) is 69.7 Å². The second kappa shape index (κ2) is 6.00. The van der Waals surface area contributed by atoms with E-state index in [1.807, 2.05) is 11.8 Å². The Morgan fingerprint density at radius 2 is 1.84 bits per heavy atom. The van der Waals surface area contributed by atoms with Crippen molar-refractivity contribution in [2.45, 2.75) is 44.3 Å². The normalized spacial score (nSPS) is 21.5. The summed E-state index contributed by atoms with van der Waals surface area (Å²) in [6.07, 6.45) is 8.35. The molecule has 0 bridgehead atoms. The molecule has 0 nitrogen and oxygen atoms in total. The first-order valence-electron chi connectivity index (χ1n) is 7.09. The molecular formula is C18H24S. The van der Waals surface area contributed by atoms with E-state index in [1.54, 1.807) is 0 Å². The molecule has 1 unspecified atom stereocenters. The van der Waals surface area contributed by atoms with Crippen LogP contribution >= 0.6 is 11.8 Å². The van der Waals surface area contributed by atoms with Crippen LogP contribution in [-0.2, 0) is 0 Å². The van der Waals surface area contributed by atoms with E-state index in [-0.39, 0.29) is 5.41 Å². The molecule has 0 fully saturated rings. The Morgan fingerprint density at radius 1 is 1.16 bits per heavy atom. The lowest BCUT2D eigenvalue weighted by atomic mass is 9.82. The van der Waals surface area contributed by atoms with Gasteiger partial charge in [-0.15, -0.1) is 11.8 Å². The molecule has 1 aromatic rings. The van der Waals surface area contributed by atoms with Crippen molar-refractivity contribution >= 4 is 11.8 Å². The molecule has 102 valence electrons. The van der Waals surface area contributed by atoms with Gasteiger partial charge in [0.2, 0.25) is 0 Å². The van der Waals surface area contributed by atoms with Crippen LogP contribution in [0.5, 0.6) is 0 Å². The zero-order valence-corrected chi connectivity index (χ0v) is 13.2. The van der Waals surface area contributed by atoms with Gasteiger partial charge >= 0.3 is 0 Å². The average Bonchev–Trinajstić information content (AvgIpc) is 2.34. The zero-order chi connectivity index (χ0) is 13.9. The van der Waals surface area contributed by atoms with Gasteiger partial charge < -0.3 is 0 Å². The maximum absolute atomic E-state index is 2.47. The van der Waals surface area contributed by atoms with E-state index in [4.69, 9.17) is 0 Å². The predicted molar refractivity (Wildman–Crippen MR) is 86.5 cm³/mol. The lowest BCUT2D eigenvalue weighted by Gasteiger charge is -2.33. The summed E-state index contributed by atoms with van der Waals surface area (Å²) in [5, 5.41) is 0.522. The minimum atomic E-state index is 0.223. The Bertz CT molecular complexity index is 466. The van der Waals surface area contributed by atoms with Crippen LogP contribution in [0.1, 0.15) is 34.1 Å². The Hall–Kier alpha value is -0.950. The minimum absolute atomic E-state index is 0.223. The van der Waals surface area contributed by atoms with Crippen LogP contribution in [-0.4, -0.2) is 5.25 Å². The van der Waals surface area contributed by atoms with E-state index in [0.717, 1.165) is 5.92 Å². The second-order valence-electron chi connectivity index (χ2n) is 6.35. The van der Waals surface area contributed by atoms with Crippen LogP contribution in [0, 0.1) is 11.3 Å². The molecular weight excluding hydrogens is 248 g/mol. The minimum Gasteiger partial charge on any atom is -0.118 e. The van der Waals surface area contributed by atoms with E-state index in [1.165, 1.54) is 16.9 Å². The van der Waals surface area contributed by atoms with Gasteiger partial charge in [0.15, 0.2) is 0 Å². The highest BCUT2D eigenvalue weighted by atomic mass is 32.2. The first-order chi connectivity index (χ1) is 8.97. The fourth-order valence-corrected chi connectivity index (χ4v) is 3.55. The molecule has 1 aliphatic rings. The van der Waals surface area contributed by atoms with Crippen LogP contribution in [0.3, 0.4) is 0 Å². The summed E-state index contributed by atoms with van der Waals surface area (Å²) in [6.45, 7) is 9.22. The number of rotatable bonds is 4. The molecule has 0 heterocycles. The molecule has 0 aliphatic heterocycles. The highest BCUT2D eigenvalue weighted by molar-refractivity contribution is 8.00. The number of allylic oxidation sites excluding steroid dienone is 3. The standard InChI is InChI=1S/C18H24S/c1-14(2)12-15-10-11-18(3,4)17(13-15)19-16-8-6-5-7-9-16/h5-11,13-14,17H,12H2,1-4H3. The summed E-state index contributed by atoms with van der Waals surface area (Å²) >= 11 is 1.97. The van der Waals surface area contributed by atoms with Crippen molar-refractivity contribution in [1.29, 1.82) is 0 Å². The van der Waals surface area contributed by atoms with Crippen molar-refractivity contribution in [1.82, 2.24) is 0 Å².